The van der Waals surface area contributed by atoms with Gasteiger partial charge in [0.2, 0.25) is 0 Å². The number of carbonyl (C=O) groups excluding carboxylic acids is 1. The van der Waals surface area contributed by atoms with Gasteiger partial charge in [-0.1, -0.05) is 24.2 Å². The second kappa shape index (κ2) is 6.13. The number of unbranched alkanes of at least 4 members (excludes halogenated alkanes) is 1. The van der Waals surface area contributed by atoms with Crippen molar-refractivity contribution in [1.29, 1.82) is 0 Å². The highest BCUT2D eigenvalue weighted by atomic mass is 35.5. The second-order valence-corrected chi connectivity index (χ2v) is 4.97. The summed E-state index contributed by atoms with van der Waals surface area (Å²) in [6.45, 7) is 1.99. The summed E-state index contributed by atoms with van der Waals surface area (Å²) in [5.74, 6) is -0.288. The van der Waals surface area contributed by atoms with Crippen LogP contribution in [0.1, 0.15) is 26.2 Å². The molecule has 0 saturated heterocycles. The summed E-state index contributed by atoms with van der Waals surface area (Å²) in [5, 5.41) is -0.470. The molecule has 0 aromatic heterocycles. The molecule has 0 aromatic carbocycles. The first-order valence-corrected chi connectivity index (χ1v) is 6.02. The predicted molar refractivity (Wildman–Crippen MR) is 51.1 cm³/mol. The van der Waals surface area contributed by atoms with E-state index in [0.29, 0.717) is 6.42 Å². The van der Waals surface area contributed by atoms with Crippen LogP contribution in [-0.4, -0.2) is 25.6 Å². The molecule has 0 rings (SSSR count). The van der Waals surface area contributed by atoms with Gasteiger partial charge in [0.1, 0.15) is 0 Å². The zero-order chi connectivity index (χ0) is 10.3. The maximum Gasteiger partial charge on any atom is 0.264 e. The normalized spacial score (nSPS) is 13.4. The summed E-state index contributed by atoms with van der Waals surface area (Å²) in [7, 11) is -3.69. The van der Waals surface area contributed by atoms with Crippen LogP contribution in [0.4, 0.5) is 0 Å². The molecule has 0 spiro atoms. The molecule has 0 radical (unpaired) electrons. The number of hydrogen-bond acceptors (Lipinski definition) is 3. The minimum atomic E-state index is -3.69. The molecule has 6 heteroatoms. The molecule has 4 nitrogen and oxygen atoms in total. The van der Waals surface area contributed by atoms with Gasteiger partial charge in [0, 0.05) is 5.38 Å². The van der Waals surface area contributed by atoms with E-state index in [9.17, 15) is 13.2 Å². The van der Waals surface area contributed by atoms with Crippen LogP contribution in [-0.2, 0) is 14.8 Å². The van der Waals surface area contributed by atoms with Gasteiger partial charge in [0.25, 0.3) is 16.1 Å². The molecule has 13 heavy (non-hydrogen) atoms. The molecule has 0 aliphatic carbocycles. The van der Waals surface area contributed by atoms with Gasteiger partial charge in [-0.2, -0.15) is 0 Å². The zero-order valence-electron chi connectivity index (χ0n) is 7.36. The van der Waals surface area contributed by atoms with E-state index < -0.39 is 15.4 Å². The molecule has 0 amide bonds. The Hall–Kier alpha value is -0.380. The van der Waals surface area contributed by atoms with Gasteiger partial charge in [0.05, 0.1) is 5.75 Å². The zero-order valence-corrected chi connectivity index (χ0v) is 8.94. The molecule has 0 heterocycles. The van der Waals surface area contributed by atoms with Crippen molar-refractivity contribution in [2.75, 3.05) is 5.75 Å². The van der Waals surface area contributed by atoms with E-state index in [-0.39, 0.29) is 5.75 Å². The molecule has 0 fully saturated rings. The fourth-order valence-electron chi connectivity index (χ4n) is 0.832. The average Bonchev–Trinajstić information content (AvgIpc) is 1.99. The van der Waals surface area contributed by atoms with Crippen LogP contribution >= 0.6 is 11.6 Å². The first-order chi connectivity index (χ1) is 6.02. The van der Waals surface area contributed by atoms with E-state index in [1.807, 2.05) is 6.92 Å². The molecular formula is C7H12ClNO3S. The molecule has 0 aliphatic rings. The summed E-state index contributed by atoms with van der Waals surface area (Å²) in [6, 6.07) is 0. The smallest absolute Gasteiger partial charge is 0.210 e. The molecule has 0 aliphatic heterocycles. The molecule has 0 bridgehead atoms. The largest absolute Gasteiger partial charge is 0.264 e. The molecule has 0 aromatic rings. The molecule has 1 unspecified atom stereocenters. The van der Waals surface area contributed by atoms with Crippen molar-refractivity contribution in [3.05, 3.63) is 0 Å². The minimum absolute atomic E-state index is 0.288. The standard InChI is InChI=1S/C7H12ClNO3S/c1-2-3-4-7(8)5-13(11,12)9-6-10/h7H,2-5H2,1H3. The number of nitrogens with zero attached hydrogens (tertiary/aromatic N) is 1. The first kappa shape index (κ1) is 12.6. The topological polar surface area (TPSA) is 63.6 Å². The number of hydrogen-bond donors (Lipinski definition) is 0. The highest BCUT2D eigenvalue weighted by molar-refractivity contribution is 7.90. The highest BCUT2D eigenvalue weighted by Gasteiger charge is 2.15. The van der Waals surface area contributed by atoms with Gasteiger partial charge in [-0.15, -0.1) is 11.6 Å². The second-order valence-electron chi connectivity index (χ2n) is 2.67. The van der Waals surface area contributed by atoms with E-state index in [4.69, 9.17) is 11.6 Å². The van der Waals surface area contributed by atoms with Gasteiger partial charge in [-0.05, 0) is 6.42 Å². The Balaban J connectivity index is 4.04. The van der Waals surface area contributed by atoms with E-state index in [2.05, 4.69) is 4.40 Å². The van der Waals surface area contributed by atoms with E-state index in [1.54, 1.807) is 0 Å². The lowest BCUT2D eigenvalue weighted by Crippen LogP contribution is -2.14. The Morgan fingerprint density at radius 3 is 2.62 bits per heavy atom. The number of halogens is 1. The fraction of sp³-hybridized carbons (Fsp3) is 0.857. The van der Waals surface area contributed by atoms with Crippen LogP contribution in [0.25, 0.3) is 0 Å². The number of isocyanates is 1. The lowest BCUT2D eigenvalue weighted by atomic mass is 10.2. The van der Waals surface area contributed by atoms with Crippen molar-refractivity contribution in [3.63, 3.8) is 0 Å². The van der Waals surface area contributed by atoms with Crippen molar-refractivity contribution in [2.24, 2.45) is 4.40 Å². The Bertz CT molecular complexity index is 282. The third-order valence-corrected chi connectivity index (χ3v) is 3.17. The molecule has 1 atom stereocenters. The van der Waals surface area contributed by atoms with Crippen LogP contribution < -0.4 is 0 Å². The Labute approximate surface area is 83.0 Å². The van der Waals surface area contributed by atoms with Gasteiger partial charge in [-0.3, -0.25) is 0 Å². The minimum Gasteiger partial charge on any atom is -0.210 e. The molecular weight excluding hydrogens is 214 g/mol. The summed E-state index contributed by atoms with van der Waals surface area (Å²) in [5.41, 5.74) is 0. The fourth-order valence-corrected chi connectivity index (χ4v) is 2.28. The maximum absolute atomic E-state index is 10.9. The third kappa shape index (κ3) is 6.75. The van der Waals surface area contributed by atoms with Crippen molar-refractivity contribution >= 4 is 27.7 Å². The highest BCUT2D eigenvalue weighted by Crippen LogP contribution is 2.10. The van der Waals surface area contributed by atoms with Gasteiger partial charge in [0.15, 0.2) is 0 Å². The van der Waals surface area contributed by atoms with Crippen molar-refractivity contribution in [2.45, 2.75) is 31.6 Å². The van der Waals surface area contributed by atoms with E-state index in [1.165, 1.54) is 0 Å². The van der Waals surface area contributed by atoms with Crippen molar-refractivity contribution < 1.29 is 13.2 Å². The summed E-state index contributed by atoms with van der Waals surface area (Å²) in [4.78, 5) is 9.70. The first-order valence-electron chi connectivity index (χ1n) is 3.97. The van der Waals surface area contributed by atoms with Crippen molar-refractivity contribution in [1.82, 2.24) is 0 Å². The van der Waals surface area contributed by atoms with Crippen LogP contribution in [0.2, 0.25) is 0 Å². The number of alkyl halides is 1. The number of sulfonamides is 1. The third-order valence-electron chi connectivity index (χ3n) is 1.44. The Morgan fingerprint density at radius 2 is 2.15 bits per heavy atom. The molecule has 0 saturated carbocycles. The summed E-state index contributed by atoms with van der Waals surface area (Å²) >= 11 is 5.71. The predicted octanol–water partition coefficient (Wildman–Crippen LogP) is 1.45. The quantitative estimate of drug-likeness (QED) is 0.391. The number of rotatable bonds is 6. The van der Waals surface area contributed by atoms with Crippen LogP contribution in [0.3, 0.4) is 0 Å². The van der Waals surface area contributed by atoms with Crippen molar-refractivity contribution in [3.8, 4) is 0 Å². The Morgan fingerprint density at radius 1 is 1.54 bits per heavy atom. The lowest BCUT2D eigenvalue weighted by molar-refractivity contribution is 0.563. The maximum atomic E-state index is 10.9. The van der Waals surface area contributed by atoms with E-state index >= 15 is 0 Å². The van der Waals surface area contributed by atoms with Crippen LogP contribution in [0, 0.1) is 0 Å². The van der Waals surface area contributed by atoms with Gasteiger partial charge < -0.3 is 0 Å². The van der Waals surface area contributed by atoms with Gasteiger partial charge in [-0.25, -0.2) is 13.2 Å². The average molecular weight is 226 g/mol. The summed E-state index contributed by atoms with van der Waals surface area (Å²) < 4.78 is 24.5. The molecule has 76 valence electrons. The SMILES string of the molecule is CCCCC(Cl)CS(=O)(=O)N=C=O. The monoisotopic (exact) mass is 225 g/mol. The summed E-state index contributed by atoms with van der Waals surface area (Å²) in [6.07, 6.45) is 3.44. The van der Waals surface area contributed by atoms with Gasteiger partial charge >= 0.3 is 0 Å². The van der Waals surface area contributed by atoms with Crippen LogP contribution in [0.15, 0.2) is 4.40 Å². The van der Waals surface area contributed by atoms with E-state index in [0.717, 1.165) is 18.9 Å². The molecule has 0 N–H and O–H groups in total. The van der Waals surface area contributed by atoms with Crippen LogP contribution in [0.5, 0.6) is 0 Å². The lowest BCUT2D eigenvalue weighted by Gasteiger charge is -2.04. The Kier molecular flexibility index (Phi) is 5.95.